The van der Waals surface area contributed by atoms with E-state index in [-0.39, 0.29) is 28.7 Å². The summed E-state index contributed by atoms with van der Waals surface area (Å²) in [6.45, 7) is 0. The van der Waals surface area contributed by atoms with E-state index in [0.717, 1.165) is 12.8 Å². The molecule has 2 aromatic heterocycles. The van der Waals surface area contributed by atoms with E-state index in [0.29, 0.717) is 15.6 Å². The smallest absolute Gasteiger partial charge is 0.335 e. The number of fused-ring (bicyclic) bond motifs is 1. The molecule has 4 rings (SSSR count). The normalized spacial score (nSPS) is 15.2. The fourth-order valence-electron chi connectivity index (χ4n) is 2.45. The molecule has 0 bridgehead atoms. The highest BCUT2D eigenvalue weighted by atomic mass is 35.5. The monoisotopic (exact) mass is 372 g/mol. The number of H-pyrrole nitrogens is 1. The first-order chi connectivity index (χ1) is 11.3. The van der Waals surface area contributed by atoms with Crippen molar-refractivity contribution in [3.8, 4) is 11.4 Å². The van der Waals surface area contributed by atoms with Gasteiger partial charge in [-0.15, -0.1) is 0 Å². The summed E-state index contributed by atoms with van der Waals surface area (Å²) in [6.07, 6.45) is -3.02. The zero-order valence-electron chi connectivity index (χ0n) is 12.0. The van der Waals surface area contributed by atoms with Crippen molar-refractivity contribution >= 4 is 34.4 Å². The summed E-state index contributed by atoms with van der Waals surface area (Å²) >= 11 is 12.0. The van der Waals surface area contributed by atoms with Gasteiger partial charge in [0.25, 0.3) is 0 Å². The SMILES string of the molecule is FC(F)(F)c1nc(C2CC2)nc2nc(-c3cc(Cl)ccc3Cl)[nH]c12. The first kappa shape index (κ1) is 15.7. The Hall–Kier alpha value is -1.86. The van der Waals surface area contributed by atoms with Gasteiger partial charge in [-0.05, 0) is 31.0 Å². The molecule has 3 aromatic rings. The molecule has 1 aliphatic carbocycles. The molecule has 0 saturated heterocycles. The minimum Gasteiger partial charge on any atom is -0.335 e. The highest BCUT2D eigenvalue weighted by Gasteiger charge is 2.39. The van der Waals surface area contributed by atoms with Crippen LogP contribution >= 0.6 is 23.2 Å². The van der Waals surface area contributed by atoms with Crippen LogP contribution in [-0.2, 0) is 6.18 Å². The number of alkyl halides is 3. The molecule has 0 radical (unpaired) electrons. The van der Waals surface area contributed by atoms with E-state index in [2.05, 4.69) is 19.9 Å². The Balaban J connectivity index is 1.95. The van der Waals surface area contributed by atoms with Crippen LogP contribution in [-0.4, -0.2) is 19.9 Å². The van der Waals surface area contributed by atoms with Gasteiger partial charge in [0, 0.05) is 16.5 Å². The predicted molar refractivity (Wildman–Crippen MR) is 84.1 cm³/mol. The molecule has 0 spiro atoms. The largest absolute Gasteiger partial charge is 0.435 e. The van der Waals surface area contributed by atoms with Gasteiger partial charge < -0.3 is 4.98 Å². The topological polar surface area (TPSA) is 54.5 Å². The first-order valence-electron chi connectivity index (χ1n) is 7.13. The van der Waals surface area contributed by atoms with E-state index in [1.165, 1.54) is 6.07 Å². The summed E-state index contributed by atoms with van der Waals surface area (Å²) in [7, 11) is 0. The van der Waals surface area contributed by atoms with Crippen LogP contribution in [0.4, 0.5) is 13.2 Å². The number of aromatic nitrogens is 4. The van der Waals surface area contributed by atoms with Gasteiger partial charge in [0.05, 0.1) is 5.02 Å². The van der Waals surface area contributed by atoms with Crippen molar-refractivity contribution < 1.29 is 13.2 Å². The van der Waals surface area contributed by atoms with E-state index in [1.54, 1.807) is 12.1 Å². The fraction of sp³-hybridized carbons (Fsp3) is 0.267. The molecule has 1 saturated carbocycles. The molecule has 1 fully saturated rings. The van der Waals surface area contributed by atoms with Crippen molar-refractivity contribution in [2.45, 2.75) is 24.9 Å². The van der Waals surface area contributed by atoms with E-state index >= 15 is 0 Å². The minimum atomic E-state index is -4.60. The van der Waals surface area contributed by atoms with Gasteiger partial charge in [-0.25, -0.2) is 15.0 Å². The van der Waals surface area contributed by atoms with Crippen molar-refractivity contribution in [1.29, 1.82) is 0 Å². The molecule has 1 aliphatic rings. The number of aromatic amines is 1. The average Bonchev–Trinajstić information content (AvgIpc) is 3.27. The molecule has 4 nitrogen and oxygen atoms in total. The maximum absolute atomic E-state index is 13.4. The fourth-order valence-corrected chi connectivity index (χ4v) is 2.83. The third-order valence-corrected chi connectivity index (χ3v) is 4.33. The van der Waals surface area contributed by atoms with Gasteiger partial charge in [0.15, 0.2) is 11.3 Å². The molecule has 124 valence electrons. The summed E-state index contributed by atoms with van der Waals surface area (Å²) in [5, 5.41) is 0.720. The second-order valence-electron chi connectivity index (χ2n) is 5.61. The van der Waals surface area contributed by atoms with E-state index in [1.807, 2.05) is 0 Å². The summed E-state index contributed by atoms with van der Waals surface area (Å²) in [4.78, 5) is 14.7. The van der Waals surface area contributed by atoms with Crippen molar-refractivity contribution in [2.75, 3.05) is 0 Å². The Morgan fingerprint density at radius 2 is 1.83 bits per heavy atom. The summed E-state index contributed by atoms with van der Waals surface area (Å²) in [5.74, 6) is 0.334. The summed E-state index contributed by atoms with van der Waals surface area (Å²) in [5.41, 5.74) is -0.877. The van der Waals surface area contributed by atoms with Crippen LogP contribution in [0.5, 0.6) is 0 Å². The van der Waals surface area contributed by atoms with Gasteiger partial charge in [-0.1, -0.05) is 23.2 Å². The number of nitrogens with zero attached hydrogens (tertiary/aromatic N) is 3. The molecule has 24 heavy (non-hydrogen) atoms. The molecule has 0 aliphatic heterocycles. The number of hydrogen-bond acceptors (Lipinski definition) is 3. The van der Waals surface area contributed by atoms with Crippen LogP contribution in [0, 0.1) is 0 Å². The second kappa shape index (κ2) is 5.32. The molecule has 1 aromatic carbocycles. The van der Waals surface area contributed by atoms with Gasteiger partial charge in [0.1, 0.15) is 17.2 Å². The van der Waals surface area contributed by atoms with Gasteiger partial charge >= 0.3 is 6.18 Å². The number of benzene rings is 1. The molecule has 0 amide bonds. The van der Waals surface area contributed by atoms with Gasteiger partial charge in [-0.2, -0.15) is 13.2 Å². The zero-order chi connectivity index (χ0) is 17.1. The third-order valence-electron chi connectivity index (χ3n) is 3.76. The standard InChI is InChI=1S/C15H9Cl2F3N4/c16-7-3-4-9(17)8(5-7)13-21-10-11(15(18,19)20)22-12(6-1-2-6)23-14(10)24-13/h3-6H,1-2H2,(H,21,22,23,24). The van der Waals surface area contributed by atoms with Crippen LogP contribution in [0.1, 0.15) is 30.3 Å². The summed E-state index contributed by atoms with van der Waals surface area (Å²) < 4.78 is 40.1. The van der Waals surface area contributed by atoms with E-state index in [4.69, 9.17) is 23.2 Å². The molecule has 0 unspecified atom stereocenters. The Morgan fingerprint density at radius 3 is 2.50 bits per heavy atom. The number of nitrogens with one attached hydrogen (secondary N) is 1. The Bertz CT molecular complexity index is 948. The first-order valence-corrected chi connectivity index (χ1v) is 7.89. The molecule has 9 heteroatoms. The molecular formula is C15H9Cl2F3N4. The maximum Gasteiger partial charge on any atom is 0.435 e. The van der Waals surface area contributed by atoms with Crippen molar-refractivity contribution in [3.63, 3.8) is 0 Å². The van der Waals surface area contributed by atoms with Crippen LogP contribution in [0.2, 0.25) is 10.0 Å². The average molecular weight is 373 g/mol. The van der Waals surface area contributed by atoms with Crippen molar-refractivity contribution in [2.24, 2.45) is 0 Å². The van der Waals surface area contributed by atoms with Crippen LogP contribution in [0.25, 0.3) is 22.6 Å². The maximum atomic E-state index is 13.4. The number of halogens is 5. The molecular weight excluding hydrogens is 364 g/mol. The molecule has 1 N–H and O–H groups in total. The lowest BCUT2D eigenvalue weighted by molar-refractivity contribution is -0.140. The van der Waals surface area contributed by atoms with Gasteiger partial charge in [0.2, 0.25) is 0 Å². The minimum absolute atomic E-state index is 0.0228. The van der Waals surface area contributed by atoms with E-state index < -0.39 is 11.9 Å². The Labute approximate surface area is 144 Å². The van der Waals surface area contributed by atoms with Crippen molar-refractivity contribution in [3.05, 3.63) is 39.8 Å². The third kappa shape index (κ3) is 2.71. The van der Waals surface area contributed by atoms with Crippen LogP contribution in [0.15, 0.2) is 18.2 Å². The Morgan fingerprint density at radius 1 is 1.08 bits per heavy atom. The lowest BCUT2D eigenvalue weighted by atomic mass is 10.2. The van der Waals surface area contributed by atoms with Crippen molar-refractivity contribution in [1.82, 2.24) is 19.9 Å². The lowest BCUT2D eigenvalue weighted by Crippen LogP contribution is -2.11. The highest BCUT2D eigenvalue weighted by Crippen LogP contribution is 2.41. The number of imidazole rings is 1. The number of rotatable bonds is 2. The van der Waals surface area contributed by atoms with Gasteiger partial charge in [-0.3, -0.25) is 0 Å². The second-order valence-corrected chi connectivity index (χ2v) is 6.45. The zero-order valence-corrected chi connectivity index (χ0v) is 13.5. The van der Waals surface area contributed by atoms with Crippen LogP contribution in [0.3, 0.4) is 0 Å². The summed E-state index contributed by atoms with van der Waals surface area (Å²) in [6, 6.07) is 4.67. The lowest BCUT2D eigenvalue weighted by Gasteiger charge is -2.07. The molecule has 0 atom stereocenters. The number of hydrogen-bond donors (Lipinski definition) is 1. The Kier molecular flexibility index (Phi) is 3.47. The van der Waals surface area contributed by atoms with Crippen LogP contribution < -0.4 is 0 Å². The quantitative estimate of drug-likeness (QED) is 0.670. The highest BCUT2D eigenvalue weighted by molar-refractivity contribution is 6.35. The predicted octanol–water partition coefficient (Wildman–Crippen LogP) is 5.22. The van der Waals surface area contributed by atoms with E-state index in [9.17, 15) is 13.2 Å². The molecule has 2 heterocycles.